The first-order chi connectivity index (χ1) is 15.3. The third-order valence-corrected chi connectivity index (χ3v) is 5.95. The van der Waals surface area contributed by atoms with E-state index < -0.39 is 22.0 Å². The Bertz CT molecular complexity index is 1150. The molecule has 32 heavy (non-hydrogen) atoms. The lowest BCUT2D eigenvalue weighted by atomic mass is 10.1. The van der Waals surface area contributed by atoms with E-state index in [1.807, 2.05) is 19.1 Å². The Morgan fingerprint density at radius 1 is 1.09 bits per heavy atom. The Kier molecular flexibility index (Phi) is 7.60. The summed E-state index contributed by atoms with van der Waals surface area (Å²) in [5.41, 5.74) is 0.645. The first kappa shape index (κ1) is 23.4. The molecule has 0 fully saturated rings. The van der Waals surface area contributed by atoms with Crippen LogP contribution in [0.5, 0.6) is 5.75 Å². The van der Waals surface area contributed by atoms with E-state index in [-0.39, 0.29) is 23.3 Å². The van der Waals surface area contributed by atoms with Crippen LogP contribution in [0, 0.1) is 5.92 Å². The molecule has 0 saturated carbocycles. The molecule has 3 aromatic rings. The van der Waals surface area contributed by atoms with Crippen molar-refractivity contribution in [2.45, 2.75) is 38.3 Å². The smallest absolute Gasteiger partial charge is 0.324 e. The molecule has 3 rings (SSSR count). The van der Waals surface area contributed by atoms with Gasteiger partial charge >= 0.3 is 5.97 Å². The number of esters is 1. The first-order valence-corrected chi connectivity index (χ1v) is 11.6. The molecule has 0 unspecified atom stereocenters. The highest BCUT2D eigenvalue weighted by Gasteiger charge is 2.30. The zero-order chi connectivity index (χ0) is 23.1. The van der Waals surface area contributed by atoms with E-state index >= 15 is 0 Å². The molecule has 1 atom stereocenters. The number of ether oxygens (including phenoxy) is 2. The number of hydrogen-bond donors (Lipinski definition) is 1. The fraction of sp³-hybridized carbons (Fsp3) is 0.318. The van der Waals surface area contributed by atoms with Crippen LogP contribution in [0.4, 0.5) is 0 Å². The monoisotopic (exact) mass is 459 g/mol. The van der Waals surface area contributed by atoms with Gasteiger partial charge in [-0.2, -0.15) is 9.71 Å². The van der Waals surface area contributed by atoms with Crippen LogP contribution >= 0.6 is 0 Å². The number of nitrogens with one attached hydrogen (secondary N) is 1. The number of benzene rings is 2. The summed E-state index contributed by atoms with van der Waals surface area (Å²) in [7, 11) is -3.89. The average molecular weight is 460 g/mol. The molecule has 0 aliphatic heterocycles. The van der Waals surface area contributed by atoms with Gasteiger partial charge in [0.2, 0.25) is 15.8 Å². The van der Waals surface area contributed by atoms with Crippen LogP contribution in [0.15, 0.2) is 64.0 Å². The normalized spacial score (nSPS) is 12.5. The molecule has 0 aliphatic rings. The zero-order valence-electron chi connectivity index (χ0n) is 18.0. The van der Waals surface area contributed by atoms with Crippen LogP contribution in [0.25, 0.3) is 11.4 Å². The molecule has 2 aromatic carbocycles. The lowest BCUT2D eigenvalue weighted by Gasteiger charge is -2.20. The van der Waals surface area contributed by atoms with Gasteiger partial charge in [-0.05, 0) is 37.1 Å². The van der Waals surface area contributed by atoms with E-state index in [9.17, 15) is 13.2 Å². The number of carbonyl (C=O) groups is 1. The fourth-order valence-corrected chi connectivity index (χ4v) is 4.22. The molecule has 1 heterocycles. The number of aromatic nitrogens is 2. The predicted molar refractivity (Wildman–Crippen MR) is 116 cm³/mol. The highest BCUT2D eigenvalue weighted by molar-refractivity contribution is 7.89. The lowest BCUT2D eigenvalue weighted by Crippen LogP contribution is -2.45. The number of sulfonamides is 1. The van der Waals surface area contributed by atoms with Gasteiger partial charge in [-0.15, -0.1) is 0 Å². The molecule has 0 saturated heterocycles. The van der Waals surface area contributed by atoms with Crippen molar-refractivity contribution in [3.8, 4) is 17.1 Å². The molecule has 0 amide bonds. The van der Waals surface area contributed by atoms with Gasteiger partial charge < -0.3 is 14.0 Å². The minimum Gasteiger partial charge on any atom is -0.493 e. The Labute approximate surface area is 186 Å². The maximum absolute atomic E-state index is 12.6. The second-order valence-electron chi connectivity index (χ2n) is 7.20. The quantitative estimate of drug-likeness (QED) is 0.459. The Morgan fingerprint density at radius 3 is 2.47 bits per heavy atom. The van der Waals surface area contributed by atoms with Gasteiger partial charge in [0, 0.05) is 0 Å². The van der Waals surface area contributed by atoms with Crippen LogP contribution in [-0.4, -0.2) is 37.2 Å². The Hall–Kier alpha value is -3.24. The number of rotatable bonds is 10. The largest absolute Gasteiger partial charge is 0.493 e. The SMILES string of the molecule is CCOc1ccccc1-c1noc(COC(=O)[C@@H](NS(=O)(=O)c2ccccc2)C(C)C)n1. The van der Waals surface area contributed by atoms with Gasteiger partial charge in [0.15, 0.2) is 6.61 Å². The van der Waals surface area contributed by atoms with Crippen molar-refractivity contribution in [1.82, 2.24) is 14.9 Å². The molecule has 0 bridgehead atoms. The summed E-state index contributed by atoms with van der Waals surface area (Å²) in [5, 5.41) is 3.92. The fourth-order valence-electron chi connectivity index (χ4n) is 2.87. The summed E-state index contributed by atoms with van der Waals surface area (Å²) in [4.78, 5) is 16.9. The summed E-state index contributed by atoms with van der Waals surface area (Å²) in [6.07, 6.45) is 0. The van der Waals surface area contributed by atoms with Gasteiger partial charge in [-0.1, -0.05) is 49.3 Å². The summed E-state index contributed by atoms with van der Waals surface area (Å²) < 4.78 is 43.6. The van der Waals surface area contributed by atoms with Crippen LogP contribution in [0.2, 0.25) is 0 Å². The van der Waals surface area contributed by atoms with Gasteiger partial charge in [-0.25, -0.2) is 8.42 Å². The minimum atomic E-state index is -3.89. The molecule has 9 nitrogen and oxygen atoms in total. The minimum absolute atomic E-state index is 0.0629. The molecule has 1 aromatic heterocycles. The average Bonchev–Trinajstić information content (AvgIpc) is 3.26. The van der Waals surface area contributed by atoms with Gasteiger partial charge in [0.05, 0.1) is 17.1 Å². The zero-order valence-corrected chi connectivity index (χ0v) is 18.8. The molecule has 0 aliphatic carbocycles. The number of nitrogens with zero attached hydrogens (tertiary/aromatic N) is 2. The van der Waals surface area contributed by atoms with E-state index in [4.69, 9.17) is 14.0 Å². The predicted octanol–water partition coefficient (Wildman–Crippen LogP) is 3.18. The van der Waals surface area contributed by atoms with Gasteiger partial charge in [-0.3, -0.25) is 4.79 Å². The van der Waals surface area contributed by atoms with Crippen molar-refractivity contribution in [2.24, 2.45) is 5.92 Å². The van der Waals surface area contributed by atoms with Crippen molar-refractivity contribution < 1.29 is 27.2 Å². The van der Waals surface area contributed by atoms with Gasteiger partial charge in [0.1, 0.15) is 11.8 Å². The second-order valence-corrected chi connectivity index (χ2v) is 8.92. The van der Waals surface area contributed by atoms with Crippen LogP contribution in [-0.2, 0) is 26.2 Å². The molecular formula is C22H25N3O6S. The molecule has 1 N–H and O–H groups in total. The van der Waals surface area contributed by atoms with Gasteiger partial charge in [0.25, 0.3) is 5.89 Å². The summed E-state index contributed by atoms with van der Waals surface area (Å²) in [5.74, 6) is -0.112. The number of carbonyl (C=O) groups excluding carboxylic acids is 1. The van der Waals surface area contributed by atoms with Crippen molar-refractivity contribution >= 4 is 16.0 Å². The molecule has 170 valence electrons. The van der Waals surface area contributed by atoms with E-state index in [2.05, 4.69) is 14.9 Å². The molecule has 10 heteroatoms. The van der Waals surface area contributed by atoms with E-state index in [1.165, 1.54) is 12.1 Å². The van der Waals surface area contributed by atoms with E-state index in [0.29, 0.717) is 23.7 Å². The van der Waals surface area contributed by atoms with Crippen molar-refractivity contribution in [1.29, 1.82) is 0 Å². The number of hydrogen-bond acceptors (Lipinski definition) is 8. The second kappa shape index (κ2) is 10.4. The Balaban J connectivity index is 1.68. The lowest BCUT2D eigenvalue weighted by molar-refractivity contribution is -0.148. The van der Waals surface area contributed by atoms with Crippen molar-refractivity contribution in [3.05, 3.63) is 60.5 Å². The first-order valence-electron chi connectivity index (χ1n) is 10.1. The maximum Gasteiger partial charge on any atom is 0.324 e. The molecular weight excluding hydrogens is 434 g/mol. The summed E-state index contributed by atoms with van der Waals surface area (Å²) in [6, 6.07) is 14.0. The highest BCUT2D eigenvalue weighted by atomic mass is 32.2. The van der Waals surface area contributed by atoms with Crippen molar-refractivity contribution in [3.63, 3.8) is 0 Å². The number of para-hydroxylation sites is 1. The molecule has 0 radical (unpaired) electrons. The maximum atomic E-state index is 12.6. The van der Waals surface area contributed by atoms with Crippen LogP contribution in [0.3, 0.4) is 0 Å². The standard InChI is InChI=1S/C22H25N3O6S/c1-4-29-18-13-9-8-12-17(18)21-23-19(31-24-21)14-30-22(26)20(15(2)3)25-32(27,28)16-10-6-5-7-11-16/h5-13,15,20,25H,4,14H2,1-3H3/t20-/m0/s1. The third kappa shape index (κ3) is 5.71. The van der Waals surface area contributed by atoms with E-state index in [0.717, 1.165) is 0 Å². The van der Waals surface area contributed by atoms with Crippen LogP contribution < -0.4 is 9.46 Å². The van der Waals surface area contributed by atoms with E-state index in [1.54, 1.807) is 44.2 Å². The topological polar surface area (TPSA) is 121 Å². The third-order valence-electron chi connectivity index (χ3n) is 4.49. The van der Waals surface area contributed by atoms with Crippen molar-refractivity contribution in [2.75, 3.05) is 6.61 Å². The summed E-state index contributed by atoms with van der Waals surface area (Å²) >= 11 is 0. The highest BCUT2D eigenvalue weighted by Crippen LogP contribution is 2.27. The Morgan fingerprint density at radius 2 is 1.78 bits per heavy atom. The summed E-state index contributed by atoms with van der Waals surface area (Å²) in [6.45, 7) is 5.49. The van der Waals surface area contributed by atoms with Crippen LogP contribution in [0.1, 0.15) is 26.7 Å². The molecule has 0 spiro atoms.